The average molecular weight is 151 g/mol. The molecule has 1 atom stereocenters. The summed E-state index contributed by atoms with van der Waals surface area (Å²) in [5, 5.41) is 0. The van der Waals surface area contributed by atoms with Crippen molar-refractivity contribution < 1.29 is 8.78 Å². The Hall–Kier alpha value is -0.180. The molecule has 0 aromatic carbocycles. The zero-order valence-electron chi connectivity index (χ0n) is 6.91. The van der Waals surface area contributed by atoms with Gasteiger partial charge in [0.15, 0.2) is 0 Å². The minimum atomic E-state index is -2.47. The maximum absolute atomic E-state index is 12.2. The summed E-state index contributed by atoms with van der Waals surface area (Å²) in [5.41, 5.74) is 3.44. The molecule has 1 nitrogen and oxygen atoms in total. The van der Waals surface area contributed by atoms with Crippen LogP contribution in [0.25, 0.3) is 0 Å². The zero-order valence-corrected chi connectivity index (χ0v) is 6.91. The first-order valence-corrected chi connectivity index (χ1v) is 3.26. The van der Waals surface area contributed by atoms with Gasteiger partial charge in [-0.25, -0.2) is 8.78 Å². The number of rotatable bonds is 1. The van der Waals surface area contributed by atoms with Crippen molar-refractivity contribution in [1.29, 1.82) is 0 Å². The van der Waals surface area contributed by atoms with Crippen molar-refractivity contribution in [2.45, 2.75) is 39.7 Å². The molecule has 0 radical (unpaired) electrons. The molecule has 0 aliphatic rings. The highest BCUT2D eigenvalue weighted by atomic mass is 19.3. The van der Waals surface area contributed by atoms with Gasteiger partial charge in [0, 0.05) is 0 Å². The molecule has 0 fully saturated rings. The molecule has 0 bridgehead atoms. The van der Waals surface area contributed by atoms with Crippen molar-refractivity contribution in [3.05, 3.63) is 0 Å². The van der Waals surface area contributed by atoms with Crippen molar-refractivity contribution in [2.75, 3.05) is 0 Å². The van der Waals surface area contributed by atoms with Crippen LogP contribution < -0.4 is 5.73 Å². The summed E-state index contributed by atoms with van der Waals surface area (Å²) in [6.45, 7) is 6.50. The SMILES string of the molecule is CC(C)(C)C(C)(N)C(F)F. The molecule has 10 heavy (non-hydrogen) atoms. The van der Waals surface area contributed by atoms with Crippen LogP contribution in [0.2, 0.25) is 0 Å². The van der Waals surface area contributed by atoms with Crippen LogP contribution in [0, 0.1) is 5.41 Å². The molecule has 0 saturated heterocycles. The fourth-order valence-corrected chi connectivity index (χ4v) is 0.327. The second-order valence-electron chi connectivity index (χ2n) is 3.83. The summed E-state index contributed by atoms with van der Waals surface area (Å²) in [7, 11) is 0. The van der Waals surface area contributed by atoms with Crippen LogP contribution in [0.3, 0.4) is 0 Å². The van der Waals surface area contributed by atoms with Crippen LogP contribution >= 0.6 is 0 Å². The monoisotopic (exact) mass is 151 g/mol. The number of nitrogens with two attached hydrogens (primary N) is 1. The lowest BCUT2D eigenvalue weighted by Crippen LogP contribution is -2.54. The van der Waals surface area contributed by atoms with Gasteiger partial charge in [0.05, 0.1) is 5.54 Å². The van der Waals surface area contributed by atoms with Crippen LogP contribution in [-0.2, 0) is 0 Å². The van der Waals surface area contributed by atoms with E-state index in [1.165, 1.54) is 6.92 Å². The molecule has 0 spiro atoms. The second kappa shape index (κ2) is 2.46. The van der Waals surface area contributed by atoms with Crippen molar-refractivity contribution in [3.63, 3.8) is 0 Å². The molecule has 0 heterocycles. The predicted molar refractivity (Wildman–Crippen MR) is 38.1 cm³/mol. The molecule has 0 amide bonds. The highest BCUT2D eigenvalue weighted by Gasteiger charge is 2.41. The van der Waals surface area contributed by atoms with Crippen LogP contribution in [0.1, 0.15) is 27.7 Å². The first-order chi connectivity index (χ1) is 4.19. The first kappa shape index (κ1) is 9.82. The summed E-state index contributed by atoms with van der Waals surface area (Å²) in [5.74, 6) is 0. The van der Waals surface area contributed by atoms with E-state index < -0.39 is 17.4 Å². The quantitative estimate of drug-likeness (QED) is 0.609. The minimum absolute atomic E-state index is 0.554. The number of hydrogen-bond donors (Lipinski definition) is 1. The summed E-state index contributed by atoms with van der Waals surface area (Å²) < 4.78 is 24.4. The van der Waals surface area contributed by atoms with E-state index in [1.807, 2.05) is 0 Å². The molecule has 62 valence electrons. The molecule has 0 rings (SSSR count). The van der Waals surface area contributed by atoms with E-state index in [0.717, 1.165) is 0 Å². The summed E-state index contributed by atoms with van der Waals surface area (Å²) >= 11 is 0. The Labute approximate surface area is 60.6 Å². The second-order valence-corrected chi connectivity index (χ2v) is 3.83. The highest BCUT2D eigenvalue weighted by molar-refractivity contribution is 4.93. The van der Waals surface area contributed by atoms with E-state index in [4.69, 9.17) is 5.73 Å². The lowest BCUT2D eigenvalue weighted by atomic mass is 9.76. The van der Waals surface area contributed by atoms with E-state index in [9.17, 15) is 8.78 Å². The van der Waals surface area contributed by atoms with E-state index in [1.54, 1.807) is 20.8 Å². The van der Waals surface area contributed by atoms with Crippen molar-refractivity contribution >= 4 is 0 Å². The smallest absolute Gasteiger partial charge is 0.256 e. The minimum Gasteiger partial charge on any atom is -0.320 e. The Morgan fingerprint density at radius 2 is 1.40 bits per heavy atom. The van der Waals surface area contributed by atoms with Gasteiger partial charge >= 0.3 is 0 Å². The Balaban J connectivity index is 4.40. The van der Waals surface area contributed by atoms with Gasteiger partial charge in [0.1, 0.15) is 0 Å². The number of halogens is 2. The maximum Gasteiger partial charge on any atom is 0.256 e. The number of alkyl halides is 2. The van der Waals surface area contributed by atoms with Crippen LogP contribution in [0.5, 0.6) is 0 Å². The molecule has 0 aromatic rings. The molecule has 0 aromatic heterocycles. The zero-order chi connectivity index (χ0) is 8.58. The van der Waals surface area contributed by atoms with Gasteiger partial charge in [0.25, 0.3) is 6.43 Å². The van der Waals surface area contributed by atoms with Crippen LogP contribution in [0.4, 0.5) is 8.78 Å². The third-order valence-electron chi connectivity index (χ3n) is 2.07. The van der Waals surface area contributed by atoms with Gasteiger partial charge in [-0.05, 0) is 12.3 Å². The van der Waals surface area contributed by atoms with E-state index in [0.29, 0.717) is 0 Å². The summed E-state index contributed by atoms with van der Waals surface area (Å²) in [6.07, 6.45) is -2.47. The molecule has 0 aliphatic heterocycles. The van der Waals surface area contributed by atoms with Crippen molar-refractivity contribution in [3.8, 4) is 0 Å². The third-order valence-corrected chi connectivity index (χ3v) is 2.07. The Bertz CT molecular complexity index is 113. The molecule has 0 aliphatic carbocycles. The van der Waals surface area contributed by atoms with Crippen molar-refractivity contribution in [1.82, 2.24) is 0 Å². The Kier molecular flexibility index (Phi) is 2.41. The lowest BCUT2D eigenvalue weighted by Gasteiger charge is -2.37. The maximum atomic E-state index is 12.2. The van der Waals surface area contributed by atoms with E-state index in [-0.39, 0.29) is 0 Å². The summed E-state index contributed by atoms with van der Waals surface area (Å²) in [6, 6.07) is 0. The predicted octanol–water partition coefficient (Wildman–Crippen LogP) is 2.01. The van der Waals surface area contributed by atoms with Gasteiger partial charge in [-0.15, -0.1) is 0 Å². The van der Waals surface area contributed by atoms with E-state index >= 15 is 0 Å². The normalized spacial score (nSPS) is 19.2. The molecule has 2 N–H and O–H groups in total. The average Bonchev–Trinajstić information content (AvgIpc) is 1.62. The summed E-state index contributed by atoms with van der Waals surface area (Å²) in [4.78, 5) is 0. The Morgan fingerprint density at radius 3 is 1.40 bits per heavy atom. The fourth-order valence-electron chi connectivity index (χ4n) is 0.327. The number of hydrogen-bond acceptors (Lipinski definition) is 1. The molecule has 3 heteroatoms. The Morgan fingerprint density at radius 1 is 1.10 bits per heavy atom. The standard InChI is InChI=1S/C7H15F2N/c1-6(2,3)7(4,10)5(8)9/h5H,10H2,1-4H3. The van der Waals surface area contributed by atoms with Gasteiger partial charge in [-0.1, -0.05) is 20.8 Å². The van der Waals surface area contributed by atoms with Gasteiger partial charge in [-0.2, -0.15) is 0 Å². The first-order valence-electron chi connectivity index (χ1n) is 3.26. The highest BCUT2D eigenvalue weighted by Crippen LogP contribution is 2.32. The van der Waals surface area contributed by atoms with Crippen LogP contribution in [0.15, 0.2) is 0 Å². The van der Waals surface area contributed by atoms with Gasteiger partial charge in [0.2, 0.25) is 0 Å². The molecular formula is C7H15F2N. The molecular weight excluding hydrogens is 136 g/mol. The topological polar surface area (TPSA) is 26.0 Å². The van der Waals surface area contributed by atoms with E-state index in [2.05, 4.69) is 0 Å². The lowest BCUT2D eigenvalue weighted by molar-refractivity contribution is 0.00122. The van der Waals surface area contributed by atoms with Crippen molar-refractivity contribution in [2.24, 2.45) is 11.1 Å². The van der Waals surface area contributed by atoms with Gasteiger partial charge < -0.3 is 5.73 Å². The molecule has 0 saturated carbocycles. The fraction of sp³-hybridized carbons (Fsp3) is 1.00. The van der Waals surface area contributed by atoms with Crippen LogP contribution in [-0.4, -0.2) is 12.0 Å². The largest absolute Gasteiger partial charge is 0.320 e. The van der Waals surface area contributed by atoms with Gasteiger partial charge in [-0.3, -0.25) is 0 Å². The molecule has 1 unspecified atom stereocenters. The third kappa shape index (κ3) is 1.66.